The van der Waals surface area contributed by atoms with E-state index in [0.717, 1.165) is 118 Å². The third-order valence-electron chi connectivity index (χ3n) is 3.46. The molecule has 0 atom stereocenters. The summed E-state index contributed by atoms with van der Waals surface area (Å²) >= 11 is 0. The van der Waals surface area contributed by atoms with Crippen molar-refractivity contribution in [2.24, 2.45) is 0 Å². The molecular formula is C18H36O6. The summed E-state index contributed by atoms with van der Waals surface area (Å²) < 4.78 is 33.3. The lowest BCUT2D eigenvalue weighted by molar-refractivity contribution is 0.0371. The van der Waals surface area contributed by atoms with Crippen molar-refractivity contribution in [3.8, 4) is 0 Å². The van der Waals surface area contributed by atoms with Gasteiger partial charge in [-0.1, -0.05) is 0 Å². The summed E-state index contributed by atoms with van der Waals surface area (Å²) in [6, 6.07) is 0. The van der Waals surface area contributed by atoms with Crippen molar-refractivity contribution in [3.63, 3.8) is 0 Å². The van der Waals surface area contributed by atoms with Crippen LogP contribution in [0, 0.1) is 0 Å². The van der Waals surface area contributed by atoms with Crippen LogP contribution < -0.4 is 0 Å². The predicted molar refractivity (Wildman–Crippen MR) is 92.6 cm³/mol. The van der Waals surface area contributed by atoms with Gasteiger partial charge in [0, 0.05) is 79.3 Å². The van der Waals surface area contributed by atoms with Crippen molar-refractivity contribution < 1.29 is 28.4 Å². The fourth-order valence-corrected chi connectivity index (χ4v) is 2.19. The summed E-state index contributed by atoms with van der Waals surface area (Å²) in [6.07, 6.45) is 5.65. The smallest absolute Gasteiger partial charge is 0.0488 e. The van der Waals surface area contributed by atoms with E-state index in [9.17, 15) is 0 Å². The van der Waals surface area contributed by atoms with E-state index in [-0.39, 0.29) is 0 Å². The summed E-state index contributed by atoms with van der Waals surface area (Å²) in [4.78, 5) is 0. The summed E-state index contributed by atoms with van der Waals surface area (Å²) in [7, 11) is 0. The minimum absolute atomic E-state index is 0.754. The lowest BCUT2D eigenvalue weighted by Gasteiger charge is -2.08. The fourth-order valence-electron chi connectivity index (χ4n) is 2.19. The van der Waals surface area contributed by atoms with Crippen LogP contribution in [0.25, 0.3) is 0 Å². The zero-order valence-electron chi connectivity index (χ0n) is 15.2. The van der Waals surface area contributed by atoms with Crippen molar-refractivity contribution >= 4 is 0 Å². The molecule has 1 aliphatic rings. The Morgan fingerprint density at radius 1 is 0.208 bits per heavy atom. The zero-order valence-corrected chi connectivity index (χ0v) is 15.2. The molecule has 6 nitrogen and oxygen atoms in total. The van der Waals surface area contributed by atoms with Gasteiger partial charge in [-0.05, 0) is 38.5 Å². The van der Waals surface area contributed by atoms with Crippen molar-refractivity contribution in [3.05, 3.63) is 0 Å². The molecule has 0 amide bonds. The standard InChI is InChI=1S/C18H36O6/c1-7-19-9-2-11-21-13-4-15-23-17-6-18-24-16-5-14-22-12-3-10-20-8-1/h1-18H2. The molecule has 0 unspecified atom stereocenters. The quantitative estimate of drug-likeness (QED) is 0.670. The monoisotopic (exact) mass is 348 g/mol. The van der Waals surface area contributed by atoms with Gasteiger partial charge in [-0.3, -0.25) is 0 Å². The fraction of sp³-hybridized carbons (Fsp3) is 1.00. The number of hydrogen-bond acceptors (Lipinski definition) is 6. The Hall–Kier alpha value is -0.240. The second-order valence-corrected chi connectivity index (χ2v) is 5.80. The van der Waals surface area contributed by atoms with E-state index in [0.29, 0.717) is 0 Å². The number of rotatable bonds is 0. The highest BCUT2D eigenvalue weighted by Gasteiger charge is 1.96. The van der Waals surface area contributed by atoms with Crippen LogP contribution >= 0.6 is 0 Å². The van der Waals surface area contributed by atoms with Crippen LogP contribution in [0.15, 0.2) is 0 Å². The molecule has 0 spiro atoms. The Balaban J connectivity index is 2.00. The molecule has 1 heterocycles. The lowest BCUT2D eigenvalue weighted by Crippen LogP contribution is -2.09. The predicted octanol–water partition coefficient (Wildman–Crippen LogP) is 2.44. The van der Waals surface area contributed by atoms with Gasteiger partial charge in [-0.2, -0.15) is 0 Å². The second-order valence-electron chi connectivity index (χ2n) is 5.80. The first kappa shape index (κ1) is 21.8. The summed E-state index contributed by atoms with van der Waals surface area (Å²) in [5.41, 5.74) is 0. The first-order chi connectivity index (χ1) is 12.0. The summed E-state index contributed by atoms with van der Waals surface area (Å²) in [5, 5.41) is 0. The van der Waals surface area contributed by atoms with Crippen LogP contribution in [0.2, 0.25) is 0 Å². The molecule has 0 aromatic heterocycles. The number of hydrogen-bond donors (Lipinski definition) is 0. The maximum Gasteiger partial charge on any atom is 0.0488 e. The Labute approximate surface area is 147 Å². The van der Waals surface area contributed by atoms with Crippen LogP contribution in [-0.2, 0) is 28.4 Å². The highest BCUT2D eigenvalue weighted by Crippen LogP contribution is 1.94. The molecule has 0 aliphatic carbocycles. The van der Waals surface area contributed by atoms with Gasteiger partial charge < -0.3 is 28.4 Å². The summed E-state index contributed by atoms with van der Waals surface area (Å²) in [6.45, 7) is 9.05. The second kappa shape index (κ2) is 19.1. The summed E-state index contributed by atoms with van der Waals surface area (Å²) in [5.74, 6) is 0. The third kappa shape index (κ3) is 16.6. The van der Waals surface area contributed by atoms with Crippen molar-refractivity contribution in [1.82, 2.24) is 0 Å². The maximum absolute atomic E-state index is 5.55. The lowest BCUT2D eigenvalue weighted by atomic mass is 10.4. The average molecular weight is 348 g/mol. The normalized spacial score (nSPS) is 24.0. The topological polar surface area (TPSA) is 55.4 Å². The molecule has 0 N–H and O–H groups in total. The Kier molecular flexibility index (Phi) is 17.3. The number of ether oxygens (including phenoxy) is 6. The molecule has 24 heavy (non-hydrogen) atoms. The van der Waals surface area contributed by atoms with Gasteiger partial charge in [-0.25, -0.2) is 0 Å². The van der Waals surface area contributed by atoms with Gasteiger partial charge in [0.05, 0.1) is 0 Å². The molecule has 1 rings (SSSR count). The van der Waals surface area contributed by atoms with Crippen molar-refractivity contribution in [2.45, 2.75) is 38.5 Å². The molecule has 1 aliphatic heterocycles. The van der Waals surface area contributed by atoms with Gasteiger partial charge in [0.25, 0.3) is 0 Å². The van der Waals surface area contributed by atoms with E-state index in [4.69, 9.17) is 28.4 Å². The first-order valence-corrected chi connectivity index (χ1v) is 9.46. The van der Waals surface area contributed by atoms with Crippen LogP contribution in [0.5, 0.6) is 0 Å². The third-order valence-corrected chi connectivity index (χ3v) is 3.46. The van der Waals surface area contributed by atoms with E-state index in [1.165, 1.54) is 0 Å². The van der Waals surface area contributed by atoms with E-state index in [1.807, 2.05) is 0 Å². The van der Waals surface area contributed by atoms with Gasteiger partial charge >= 0.3 is 0 Å². The first-order valence-electron chi connectivity index (χ1n) is 9.46. The van der Waals surface area contributed by atoms with Crippen LogP contribution in [0.1, 0.15) is 38.5 Å². The van der Waals surface area contributed by atoms with Gasteiger partial charge in [-0.15, -0.1) is 0 Å². The van der Waals surface area contributed by atoms with E-state index in [1.54, 1.807) is 0 Å². The van der Waals surface area contributed by atoms with E-state index < -0.39 is 0 Å². The average Bonchev–Trinajstić information content (AvgIpc) is 2.59. The van der Waals surface area contributed by atoms with Gasteiger partial charge in [0.2, 0.25) is 0 Å². The highest BCUT2D eigenvalue weighted by molar-refractivity contribution is 4.43. The van der Waals surface area contributed by atoms with Gasteiger partial charge in [0.15, 0.2) is 0 Å². The minimum Gasteiger partial charge on any atom is -0.381 e. The maximum atomic E-state index is 5.55. The Morgan fingerprint density at radius 3 is 0.458 bits per heavy atom. The SMILES string of the molecule is C1COCCCOCCCOCCCOCCCOCCCOC1. The zero-order chi connectivity index (χ0) is 17.0. The molecule has 0 bridgehead atoms. The van der Waals surface area contributed by atoms with Crippen molar-refractivity contribution in [1.29, 1.82) is 0 Å². The molecule has 1 saturated heterocycles. The molecular weight excluding hydrogens is 312 g/mol. The highest BCUT2D eigenvalue weighted by atomic mass is 16.5. The minimum atomic E-state index is 0.754. The Bertz CT molecular complexity index is 130. The van der Waals surface area contributed by atoms with Crippen LogP contribution in [0.4, 0.5) is 0 Å². The molecule has 6 heteroatoms. The largest absolute Gasteiger partial charge is 0.381 e. The molecule has 0 saturated carbocycles. The van der Waals surface area contributed by atoms with Crippen LogP contribution in [-0.4, -0.2) is 79.3 Å². The molecule has 1 fully saturated rings. The van der Waals surface area contributed by atoms with Gasteiger partial charge in [0.1, 0.15) is 0 Å². The Morgan fingerprint density at radius 2 is 0.333 bits per heavy atom. The molecule has 144 valence electrons. The van der Waals surface area contributed by atoms with E-state index in [2.05, 4.69) is 0 Å². The van der Waals surface area contributed by atoms with Crippen LogP contribution in [0.3, 0.4) is 0 Å². The molecule has 0 aromatic rings. The van der Waals surface area contributed by atoms with Crippen molar-refractivity contribution in [2.75, 3.05) is 79.3 Å². The molecule has 0 aromatic carbocycles. The molecule has 0 radical (unpaired) electrons. The van der Waals surface area contributed by atoms with E-state index >= 15 is 0 Å².